The first-order valence-corrected chi connectivity index (χ1v) is 8.78. The van der Waals surface area contributed by atoms with E-state index in [2.05, 4.69) is 37.9 Å². The van der Waals surface area contributed by atoms with Crippen molar-refractivity contribution in [2.24, 2.45) is 7.05 Å². The van der Waals surface area contributed by atoms with Crippen molar-refractivity contribution < 1.29 is 5.11 Å². The van der Waals surface area contributed by atoms with Gasteiger partial charge < -0.3 is 10.4 Å². The van der Waals surface area contributed by atoms with Crippen LogP contribution in [0.2, 0.25) is 0 Å². The third kappa shape index (κ3) is 3.11. The number of fused-ring (bicyclic) bond motifs is 1. The largest absolute Gasteiger partial charge is 0.386 e. The lowest BCUT2D eigenvalue weighted by molar-refractivity contribution is 0.191. The molecule has 6 nitrogen and oxygen atoms in total. The summed E-state index contributed by atoms with van der Waals surface area (Å²) in [7, 11) is 1.83. The molecule has 25 heavy (non-hydrogen) atoms. The van der Waals surface area contributed by atoms with E-state index >= 15 is 0 Å². The lowest BCUT2D eigenvalue weighted by Gasteiger charge is -2.12. The van der Waals surface area contributed by atoms with Crippen LogP contribution in [0.5, 0.6) is 0 Å². The molecule has 0 fully saturated rings. The highest BCUT2D eigenvalue weighted by Crippen LogP contribution is 2.36. The summed E-state index contributed by atoms with van der Waals surface area (Å²) >= 11 is 1.59. The minimum absolute atomic E-state index is 0.349. The number of nitrogens with one attached hydrogen (secondary N) is 1. The van der Waals surface area contributed by atoms with Crippen molar-refractivity contribution in [1.29, 1.82) is 0 Å². The minimum atomic E-state index is -0.655. The fraction of sp³-hybridized carbons (Fsp3) is 0.167. The molecule has 0 radical (unpaired) electrons. The summed E-state index contributed by atoms with van der Waals surface area (Å²) in [6.45, 7) is 0.349. The van der Waals surface area contributed by atoms with Gasteiger partial charge in [-0.2, -0.15) is 5.10 Å². The Morgan fingerprint density at radius 1 is 1.24 bits per heavy atom. The molecule has 0 bridgehead atoms. The van der Waals surface area contributed by atoms with Gasteiger partial charge in [-0.25, -0.2) is 9.97 Å². The summed E-state index contributed by atoms with van der Waals surface area (Å²) in [5, 5.41) is 20.8. The SMILES string of the molecule is Cn1cc(C(O)CNc2ncnc3scc(-c4ccccc4)c23)cn1. The molecule has 7 heteroatoms. The molecule has 0 aliphatic rings. The second-order valence-electron chi connectivity index (χ2n) is 5.76. The van der Waals surface area contributed by atoms with Crippen LogP contribution in [0.1, 0.15) is 11.7 Å². The van der Waals surface area contributed by atoms with Crippen molar-refractivity contribution in [2.75, 3.05) is 11.9 Å². The van der Waals surface area contributed by atoms with Gasteiger partial charge in [-0.3, -0.25) is 4.68 Å². The van der Waals surface area contributed by atoms with Crippen LogP contribution in [0.4, 0.5) is 5.82 Å². The molecule has 126 valence electrons. The summed E-state index contributed by atoms with van der Waals surface area (Å²) in [5.41, 5.74) is 2.99. The Morgan fingerprint density at radius 3 is 2.84 bits per heavy atom. The number of aliphatic hydroxyl groups is 1. The molecule has 1 aromatic carbocycles. The Balaban J connectivity index is 1.64. The van der Waals surface area contributed by atoms with E-state index in [0.29, 0.717) is 6.54 Å². The van der Waals surface area contributed by atoms with Gasteiger partial charge in [-0.1, -0.05) is 30.3 Å². The zero-order valence-corrected chi connectivity index (χ0v) is 14.4. The van der Waals surface area contributed by atoms with Gasteiger partial charge in [0.15, 0.2) is 0 Å². The molecule has 4 rings (SSSR count). The number of aliphatic hydroxyl groups excluding tert-OH is 1. The fourth-order valence-corrected chi connectivity index (χ4v) is 3.68. The molecule has 0 saturated heterocycles. The lowest BCUT2D eigenvalue weighted by atomic mass is 10.1. The second kappa shape index (κ2) is 6.62. The van der Waals surface area contributed by atoms with Gasteiger partial charge in [0.2, 0.25) is 0 Å². The van der Waals surface area contributed by atoms with Gasteiger partial charge in [-0.05, 0) is 5.56 Å². The number of benzene rings is 1. The second-order valence-corrected chi connectivity index (χ2v) is 6.62. The molecular formula is C18H17N5OS. The van der Waals surface area contributed by atoms with Gasteiger partial charge in [0.25, 0.3) is 0 Å². The van der Waals surface area contributed by atoms with Crippen LogP contribution in [-0.4, -0.2) is 31.4 Å². The van der Waals surface area contributed by atoms with Crippen LogP contribution in [0.15, 0.2) is 54.4 Å². The first kappa shape index (κ1) is 15.7. The number of rotatable bonds is 5. The van der Waals surface area contributed by atoms with E-state index in [4.69, 9.17) is 0 Å². The Labute approximate surface area is 148 Å². The number of thiophene rings is 1. The van der Waals surface area contributed by atoms with Crippen molar-refractivity contribution in [2.45, 2.75) is 6.10 Å². The zero-order chi connectivity index (χ0) is 17.2. The smallest absolute Gasteiger partial charge is 0.138 e. The van der Waals surface area contributed by atoms with Crippen LogP contribution < -0.4 is 5.32 Å². The van der Waals surface area contributed by atoms with E-state index in [-0.39, 0.29) is 0 Å². The molecule has 0 aliphatic carbocycles. The number of aryl methyl sites for hydroxylation is 1. The van der Waals surface area contributed by atoms with E-state index in [1.165, 1.54) is 0 Å². The number of hydrogen-bond donors (Lipinski definition) is 2. The lowest BCUT2D eigenvalue weighted by Crippen LogP contribution is -2.13. The molecule has 0 aliphatic heterocycles. The highest BCUT2D eigenvalue weighted by molar-refractivity contribution is 7.17. The van der Waals surface area contributed by atoms with Crippen molar-refractivity contribution in [3.63, 3.8) is 0 Å². The van der Waals surface area contributed by atoms with Gasteiger partial charge in [-0.15, -0.1) is 11.3 Å². The van der Waals surface area contributed by atoms with Crippen molar-refractivity contribution in [1.82, 2.24) is 19.7 Å². The van der Waals surface area contributed by atoms with E-state index in [0.717, 1.165) is 32.7 Å². The molecule has 3 aromatic heterocycles. The maximum atomic E-state index is 10.3. The number of nitrogens with zero attached hydrogens (tertiary/aromatic N) is 4. The molecule has 0 amide bonds. The molecule has 4 aromatic rings. The summed E-state index contributed by atoms with van der Waals surface area (Å²) < 4.78 is 1.67. The Hall–Kier alpha value is -2.77. The quantitative estimate of drug-likeness (QED) is 0.577. The predicted octanol–water partition coefficient (Wildman–Crippen LogP) is 3.24. The van der Waals surface area contributed by atoms with E-state index in [1.54, 1.807) is 28.5 Å². The van der Waals surface area contributed by atoms with Gasteiger partial charge in [0.1, 0.15) is 17.0 Å². The molecule has 0 spiro atoms. The molecule has 2 N–H and O–H groups in total. The van der Waals surface area contributed by atoms with Crippen molar-refractivity contribution in [3.8, 4) is 11.1 Å². The topological polar surface area (TPSA) is 75.9 Å². The highest BCUT2D eigenvalue weighted by Gasteiger charge is 2.15. The highest BCUT2D eigenvalue weighted by atomic mass is 32.1. The number of hydrogen-bond acceptors (Lipinski definition) is 6. The van der Waals surface area contributed by atoms with Crippen molar-refractivity contribution in [3.05, 3.63) is 60.0 Å². The third-order valence-electron chi connectivity index (χ3n) is 4.03. The van der Waals surface area contributed by atoms with Gasteiger partial charge in [0, 0.05) is 36.3 Å². The molecule has 1 unspecified atom stereocenters. The van der Waals surface area contributed by atoms with E-state index in [9.17, 15) is 5.11 Å². The zero-order valence-electron chi connectivity index (χ0n) is 13.6. The maximum absolute atomic E-state index is 10.3. The molecular weight excluding hydrogens is 334 g/mol. The third-order valence-corrected chi connectivity index (χ3v) is 4.91. The summed E-state index contributed by atoms with van der Waals surface area (Å²) in [6, 6.07) is 10.2. The van der Waals surface area contributed by atoms with Crippen LogP contribution in [0, 0.1) is 0 Å². The standard InChI is InChI=1S/C18H17N5OS/c1-23-9-13(7-22-23)15(24)8-19-17-16-14(12-5-3-2-4-6-12)10-25-18(16)21-11-20-17/h2-7,9-11,15,24H,8H2,1H3,(H,19,20,21). The fourth-order valence-electron chi connectivity index (χ4n) is 2.76. The number of aromatic nitrogens is 4. The summed E-state index contributed by atoms with van der Waals surface area (Å²) in [4.78, 5) is 9.68. The van der Waals surface area contributed by atoms with Crippen LogP contribution in [0.25, 0.3) is 21.3 Å². The minimum Gasteiger partial charge on any atom is -0.386 e. The van der Waals surface area contributed by atoms with Crippen LogP contribution >= 0.6 is 11.3 Å². The van der Waals surface area contributed by atoms with Gasteiger partial charge in [0.05, 0.1) is 17.7 Å². The monoisotopic (exact) mass is 351 g/mol. The number of anilines is 1. The summed E-state index contributed by atoms with van der Waals surface area (Å²) in [5.74, 6) is 0.730. The normalized spacial score (nSPS) is 12.4. The average Bonchev–Trinajstić information content (AvgIpc) is 3.27. The van der Waals surface area contributed by atoms with E-state index in [1.807, 2.05) is 31.4 Å². The van der Waals surface area contributed by atoms with E-state index < -0.39 is 6.10 Å². The molecule has 0 saturated carbocycles. The first-order chi connectivity index (χ1) is 12.2. The molecule has 1 atom stereocenters. The Kier molecular flexibility index (Phi) is 4.17. The predicted molar refractivity (Wildman–Crippen MR) is 99.5 cm³/mol. The van der Waals surface area contributed by atoms with Crippen molar-refractivity contribution >= 4 is 27.4 Å². The van der Waals surface area contributed by atoms with Crippen LogP contribution in [-0.2, 0) is 7.05 Å². The Bertz CT molecular complexity index is 995. The van der Waals surface area contributed by atoms with Crippen LogP contribution in [0.3, 0.4) is 0 Å². The van der Waals surface area contributed by atoms with Gasteiger partial charge >= 0.3 is 0 Å². The molecule has 3 heterocycles. The average molecular weight is 351 g/mol. The Morgan fingerprint density at radius 2 is 2.08 bits per heavy atom. The first-order valence-electron chi connectivity index (χ1n) is 7.90. The maximum Gasteiger partial charge on any atom is 0.138 e. The summed E-state index contributed by atoms with van der Waals surface area (Å²) in [6.07, 6.45) is 4.37.